The van der Waals surface area contributed by atoms with Crippen LogP contribution in [0.25, 0.3) is 0 Å². The summed E-state index contributed by atoms with van der Waals surface area (Å²) >= 11 is 0. The number of nitrogens with one attached hydrogen (secondary N) is 1. The predicted octanol–water partition coefficient (Wildman–Crippen LogP) is 4.06. The van der Waals surface area contributed by atoms with Gasteiger partial charge in [0.2, 0.25) is 0 Å². The van der Waals surface area contributed by atoms with E-state index in [0.717, 1.165) is 12.5 Å². The summed E-state index contributed by atoms with van der Waals surface area (Å²) in [6, 6.07) is 0. The second-order valence-electron chi connectivity index (χ2n) is 6.21. The van der Waals surface area contributed by atoms with Crippen molar-refractivity contribution in [2.75, 3.05) is 32.7 Å². The average Bonchev–Trinajstić information content (AvgIpc) is 2.45. The molecule has 1 heterocycles. The van der Waals surface area contributed by atoms with E-state index >= 15 is 0 Å². The van der Waals surface area contributed by atoms with Crippen molar-refractivity contribution < 1.29 is 0 Å². The van der Waals surface area contributed by atoms with Gasteiger partial charge in [0.1, 0.15) is 0 Å². The van der Waals surface area contributed by atoms with E-state index in [1.54, 1.807) is 0 Å². The largest absolute Gasteiger partial charge is 0.317 e. The molecule has 1 fully saturated rings. The standard InChI is InChI=1S/C17H36N2/c1-3-5-6-7-8-9-10-13-19-14-11-17(12-15-19)16-18-4-2/h17-18H,3-16H2,1-2H3. The first kappa shape index (κ1) is 17.0. The first-order valence-corrected chi connectivity index (χ1v) is 8.79. The van der Waals surface area contributed by atoms with Crippen LogP contribution in [0.4, 0.5) is 0 Å². The molecule has 2 heteroatoms. The molecule has 114 valence electrons. The van der Waals surface area contributed by atoms with Crippen LogP contribution >= 0.6 is 0 Å². The molecule has 19 heavy (non-hydrogen) atoms. The lowest BCUT2D eigenvalue weighted by atomic mass is 9.96. The van der Waals surface area contributed by atoms with Crippen LogP contribution in [0.1, 0.15) is 71.6 Å². The number of piperidine rings is 1. The van der Waals surface area contributed by atoms with Crippen LogP contribution in [0.5, 0.6) is 0 Å². The van der Waals surface area contributed by atoms with E-state index in [4.69, 9.17) is 0 Å². The van der Waals surface area contributed by atoms with Gasteiger partial charge in [-0.2, -0.15) is 0 Å². The van der Waals surface area contributed by atoms with Crippen molar-refractivity contribution in [3.8, 4) is 0 Å². The minimum absolute atomic E-state index is 0.935. The van der Waals surface area contributed by atoms with Crippen LogP contribution in [0.15, 0.2) is 0 Å². The van der Waals surface area contributed by atoms with Gasteiger partial charge in [-0.3, -0.25) is 0 Å². The van der Waals surface area contributed by atoms with Gasteiger partial charge in [-0.1, -0.05) is 52.4 Å². The molecule has 1 saturated heterocycles. The molecule has 0 saturated carbocycles. The molecule has 0 atom stereocenters. The molecule has 0 spiro atoms. The zero-order chi connectivity index (χ0) is 13.8. The molecule has 0 aliphatic carbocycles. The molecular formula is C17H36N2. The normalized spacial score (nSPS) is 18.0. The van der Waals surface area contributed by atoms with Crippen LogP contribution in [0, 0.1) is 5.92 Å². The van der Waals surface area contributed by atoms with E-state index in [9.17, 15) is 0 Å². The fraction of sp³-hybridized carbons (Fsp3) is 1.00. The Labute approximate surface area is 121 Å². The molecule has 1 aliphatic rings. The van der Waals surface area contributed by atoms with E-state index in [1.807, 2.05) is 0 Å². The highest BCUT2D eigenvalue weighted by Crippen LogP contribution is 2.17. The fourth-order valence-electron chi connectivity index (χ4n) is 3.06. The van der Waals surface area contributed by atoms with Gasteiger partial charge >= 0.3 is 0 Å². The van der Waals surface area contributed by atoms with Crippen LogP contribution in [-0.2, 0) is 0 Å². The van der Waals surface area contributed by atoms with Gasteiger partial charge in [0.05, 0.1) is 0 Å². The quantitative estimate of drug-likeness (QED) is 0.569. The minimum atomic E-state index is 0.935. The van der Waals surface area contributed by atoms with Gasteiger partial charge in [-0.25, -0.2) is 0 Å². The van der Waals surface area contributed by atoms with Crippen molar-refractivity contribution in [3.05, 3.63) is 0 Å². The van der Waals surface area contributed by atoms with Crippen LogP contribution in [-0.4, -0.2) is 37.6 Å². The predicted molar refractivity (Wildman–Crippen MR) is 85.7 cm³/mol. The van der Waals surface area contributed by atoms with Crippen LogP contribution < -0.4 is 5.32 Å². The third kappa shape index (κ3) is 8.65. The summed E-state index contributed by atoms with van der Waals surface area (Å²) in [6.45, 7) is 10.9. The Morgan fingerprint density at radius 1 is 0.895 bits per heavy atom. The number of rotatable bonds is 11. The summed E-state index contributed by atoms with van der Waals surface area (Å²) < 4.78 is 0. The zero-order valence-corrected chi connectivity index (χ0v) is 13.4. The van der Waals surface area contributed by atoms with Crippen molar-refractivity contribution in [1.82, 2.24) is 10.2 Å². The smallest absolute Gasteiger partial charge is 0.00156 e. The summed E-state index contributed by atoms with van der Waals surface area (Å²) in [6.07, 6.45) is 12.8. The maximum absolute atomic E-state index is 3.49. The zero-order valence-electron chi connectivity index (χ0n) is 13.4. The number of unbranched alkanes of at least 4 members (excludes halogenated alkanes) is 6. The van der Waals surface area contributed by atoms with Crippen LogP contribution in [0.3, 0.4) is 0 Å². The van der Waals surface area contributed by atoms with Gasteiger partial charge in [-0.05, 0) is 57.9 Å². The second-order valence-corrected chi connectivity index (χ2v) is 6.21. The maximum Gasteiger partial charge on any atom is -0.00156 e. The summed E-state index contributed by atoms with van der Waals surface area (Å²) in [5.41, 5.74) is 0. The van der Waals surface area contributed by atoms with E-state index in [-0.39, 0.29) is 0 Å². The molecular weight excluding hydrogens is 232 g/mol. The van der Waals surface area contributed by atoms with Crippen molar-refractivity contribution in [2.24, 2.45) is 5.92 Å². The lowest BCUT2D eigenvalue weighted by Crippen LogP contribution is -2.37. The molecule has 1 aliphatic heterocycles. The van der Waals surface area contributed by atoms with Crippen molar-refractivity contribution in [1.29, 1.82) is 0 Å². The van der Waals surface area contributed by atoms with Crippen molar-refractivity contribution >= 4 is 0 Å². The molecule has 0 bridgehead atoms. The molecule has 0 aromatic rings. The van der Waals surface area contributed by atoms with E-state index < -0.39 is 0 Å². The number of nitrogens with zero attached hydrogens (tertiary/aromatic N) is 1. The third-order valence-corrected chi connectivity index (χ3v) is 4.47. The Kier molecular flexibility index (Phi) is 10.5. The molecule has 0 unspecified atom stereocenters. The van der Waals surface area contributed by atoms with Gasteiger partial charge in [0.15, 0.2) is 0 Å². The first-order valence-electron chi connectivity index (χ1n) is 8.79. The minimum Gasteiger partial charge on any atom is -0.317 e. The van der Waals surface area contributed by atoms with E-state index in [1.165, 1.54) is 84.0 Å². The molecule has 0 amide bonds. The second kappa shape index (κ2) is 11.7. The van der Waals surface area contributed by atoms with E-state index in [2.05, 4.69) is 24.1 Å². The van der Waals surface area contributed by atoms with Crippen molar-refractivity contribution in [3.63, 3.8) is 0 Å². The lowest BCUT2D eigenvalue weighted by molar-refractivity contribution is 0.179. The molecule has 0 aromatic heterocycles. The Balaban J connectivity index is 1.89. The number of hydrogen-bond acceptors (Lipinski definition) is 2. The van der Waals surface area contributed by atoms with Gasteiger partial charge in [0.25, 0.3) is 0 Å². The van der Waals surface area contributed by atoms with Gasteiger partial charge in [0, 0.05) is 0 Å². The summed E-state index contributed by atoms with van der Waals surface area (Å²) in [7, 11) is 0. The topological polar surface area (TPSA) is 15.3 Å². The monoisotopic (exact) mass is 268 g/mol. The first-order chi connectivity index (χ1) is 9.36. The Bertz CT molecular complexity index is 186. The van der Waals surface area contributed by atoms with Crippen LogP contribution in [0.2, 0.25) is 0 Å². The number of likely N-dealkylation sites (tertiary alicyclic amines) is 1. The SMILES string of the molecule is CCCCCCCCCN1CCC(CNCC)CC1. The molecule has 1 N–H and O–H groups in total. The molecule has 0 radical (unpaired) electrons. The Morgan fingerprint density at radius 2 is 1.53 bits per heavy atom. The number of hydrogen-bond donors (Lipinski definition) is 1. The fourth-order valence-corrected chi connectivity index (χ4v) is 3.06. The van der Waals surface area contributed by atoms with E-state index in [0.29, 0.717) is 0 Å². The lowest BCUT2D eigenvalue weighted by Gasteiger charge is -2.32. The maximum atomic E-state index is 3.49. The summed E-state index contributed by atoms with van der Waals surface area (Å²) in [4.78, 5) is 2.69. The summed E-state index contributed by atoms with van der Waals surface area (Å²) in [5.74, 6) is 0.935. The molecule has 0 aromatic carbocycles. The van der Waals surface area contributed by atoms with Gasteiger partial charge in [-0.15, -0.1) is 0 Å². The van der Waals surface area contributed by atoms with Gasteiger partial charge < -0.3 is 10.2 Å². The highest BCUT2D eigenvalue weighted by atomic mass is 15.1. The Morgan fingerprint density at radius 3 is 2.16 bits per heavy atom. The molecule has 1 rings (SSSR count). The Hall–Kier alpha value is -0.0800. The average molecular weight is 268 g/mol. The molecule has 2 nitrogen and oxygen atoms in total. The third-order valence-electron chi connectivity index (χ3n) is 4.47. The van der Waals surface area contributed by atoms with Crippen molar-refractivity contribution in [2.45, 2.75) is 71.6 Å². The highest BCUT2D eigenvalue weighted by molar-refractivity contribution is 4.73. The summed E-state index contributed by atoms with van der Waals surface area (Å²) in [5, 5.41) is 3.49. The highest BCUT2D eigenvalue weighted by Gasteiger charge is 2.17.